The van der Waals surface area contributed by atoms with E-state index in [-0.39, 0.29) is 5.79 Å². The van der Waals surface area contributed by atoms with Gasteiger partial charge in [-0.25, -0.2) is 0 Å². The average molecular weight is 168 g/mol. The number of rotatable bonds is 6. The Morgan fingerprint density at radius 1 is 1.25 bits per heavy atom. The predicted octanol–water partition coefficient (Wildman–Crippen LogP) is 2.64. The molecule has 0 aromatic carbocycles. The molecule has 0 unspecified atom stereocenters. The molecule has 1 fully saturated rings. The minimum atomic E-state index is -0.243. The first-order valence-electron chi connectivity index (χ1n) is 4.63. The second-order valence-corrected chi connectivity index (χ2v) is 3.24. The fourth-order valence-corrected chi connectivity index (χ4v) is 1.26. The van der Waals surface area contributed by atoms with Crippen LogP contribution in [0.1, 0.15) is 45.4 Å². The molecule has 1 rings (SSSR count). The first-order chi connectivity index (χ1) is 5.83. The summed E-state index contributed by atoms with van der Waals surface area (Å²) in [5.74, 6) is 2.37. The zero-order valence-corrected chi connectivity index (χ0v) is 7.64. The van der Waals surface area contributed by atoms with Gasteiger partial charge in [-0.15, -0.1) is 12.3 Å². The van der Waals surface area contributed by atoms with Crippen LogP contribution >= 0.6 is 0 Å². The Kier molecular flexibility index (Phi) is 3.58. The van der Waals surface area contributed by atoms with Gasteiger partial charge in [0.1, 0.15) is 0 Å². The van der Waals surface area contributed by atoms with Gasteiger partial charge in [-0.1, -0.05) is 13.3 Å². The van der Waals surface area contributed by atoms with Crippen molar-refractivity contribution in [2.24, 2.45) is 0 Å². The molecule has 0 saturated carbocycles. The van der Waals surface area contributed by atoms with Crippen molar-refractivity contribution in [1.29, 1.82) is 0 Å². The van der Waals surface area contributed by atoms with Crippen LogP contribution in [0.5, 0.6) is 0 Å². The maximum Gasteiger partial charge on any atom is 0.234 e. The predicted molar refractivity (Wildman–Crippen MR) is 47.1 cm³/mol. The largest absolute Gasteiger partial charge is 0.234 e. The van der Waals surface area contributed by atoms with Gasteiger partial charge < -0.3 is 0 Å². The zero-order valence-electron chi connectivity index (χ0n) is 7.64. The van der Waals surface area contributed by atoms with Crippen LogP contribution in [0.2, 0.25) is 0 Å². The van der Waals surface area contributed by atoms with Crippen LogP contribution in [0.15, 0.2) is 0 Å². The first kappa shape index (κ1) is 9.57. The molecule has 12 heavy (non-hydrogen) atoms. The summed E-state index contributed by atoms with van der Waals surface area (Å²) in [6.45, 7) is 2.16. The molecule has 1 aliphatic heterocycles. The monoisotopic (exact) mass is 168 g/mol. The highest BCUT2D eigenvalue weighted by Gasteiger charge is 2.47. The number of terminal acetylenes is 1. The molecule has 68 valence electrons. The van der Waals surface area contributed by atoms with E-state index in [1.165, 1.54) is 6.42 Å². The molecule has 0 amide bonds. The zero-order chi connectivity index (χ0) is 8.86. The van der Waals surface area contributed by atoms with E-state index < -0.39 is 0 Å². The number of unbranched alkanes of at least 4 members (excludes halogenated alkanes) is 2. The molecule has 0 N–H and O–H groups in total. The Labute approximate surface area is 74.2 Å². The highest BCUT2D eigenvalue weighted by molar-refractivity contribution is 4.85. The summed E-state index contributed by atoms with van der Waals surface area (Å²) in [4.78, 5) is 9.95. The van der Waals surface area contributed by atoms with E-state index >= 15 is 0 Å². The third-order valence-electron chi connectivity index (χ3n) is 2.11. The van der Waals surface area contributed by atoms with E-state index in [0.29, 0.717) is 0 Å². The highest BCUT2D eigenvalue weighted by atomic mass is 17.4. The van der Waals surface area contributed by atoms with Gasteiger partial charge >= 0.3 is 0 Å². The molecule has 0 radical (unpaired) electrons. The Hall–Kier alpha value is -0.520. The molecule has 1 aliphatic rings. The molecule has 0 aromatic heterocycles. The topological polar surface area (TPSA) is 25.1 Å². The molecular formula is C10H16O2. The van der Waals surface area contributed by atoms with Gasteiger partial charge in [-0.2, -0.15) is 9.78 Å². The van der Waals surface area contributed by atoms with Gasteiger partial charge in [-0.3, -0.25) is 0 Å². The fraction of sp³-hybridized carbons (Fsp3) is 0.800. The molecule has 0 bridgehead atoms. The molecule has 0 spiro atoms. The van der Waals surface area contributed by atoms with Crippen molar-refractivity contribution < 1.29 is 9.78 Å². The Bertz CT molecular complexity index is 165. The molecule has 0 aliphatic carbocycles. The van der Waals surface area contributed by atoms with Gasteiger partial charge in [0.15, 0.2) is 0 Å². The smallest absolute Gasteiger partial charge is 0.195 e. The minimum Gasteiger partial charge on any atom is -0.195 e. The summed E-state index contributed by atoms with van der Waals surface area (Å²) in [6.07, 6.45) is 11.3. The standard InChI is InChI=1S/C10H16O2/c1-3-5-7-9-10(11-12-10)8-6-4-2/h1H,4-9H2,2H3. The molecule has 2 nitrogen and oxygen atoms in total. The molecule has 1 heterocycles. The summed E-state index contributed by atoms with van der Waals surface area (Å²) < 4.78 is 0. The van der Waals surface area contributed by atoms with Crippen LogP contribution in [0.3, 0.4) is 0 Å². The van der Waals surface area contributed by atoms with Crippen LogP contribution in [0.4, 0.5) is 0 Å². The summed E-state index contributed by atoms with van der Waals surface area (Å²) in [5, 5.41) is 0. The molecule has 1 saturated heterocycles. The summed E-state index contributed by atoms with van der Waals surface area (Å²) in [7, 11) is 0. The van der Waals surface area contributed by atoms with Crippen LogP contribution in [0, 0.1) is 12.3 Å². The maximum atomic E-state index is 5.15. The summed E-state index contributed by atoms with van der Waals surface area (Å²) in [6, 6.07) is 0. The van der Waals surface area contributed by atoms with Gasteiger partial charge in [-0.05, 0) is 12.8 Å². The van der Waals surface area contributed by atoms with E-state index in [9.17, 15) is 0 Å². The van der Waals surface area contributed by atoms with Crippen LogP contribution in [0.25, 0.3) is 0 Å². The number of hydrogen-bond donors (Lipinski definition) is 0. The number of hydrogen-bond acceptors (Lipinski definition) is 2. The quantitative estimate of drug-likeness (QED) is 0.263. The summed E-state index contributed by atoms with van der Waals surface area (Å²) in [5.41, 5.74) is 0. The Morgan fingerprint density at radius 3 is 2.42 bits per heavy atom. The van der Waals surface area contributed by atoms with Crippen molar-refractivity contribution in [2.75, 3.05) is 0 Å². The normalized spacial score (nSPS) is 18.7. The van der Waals surface area contributed by atoms with Crippen LogP contribution < -0.4 is 0 Å². The van der Waals surface area contributed by atoms with E-state index in [0.717, 1.165) is 32.1 Å². The summed E-state index contributed by atoms with van der Waals surface area (Å²) >= 11 is 0. The van der Waals surface area contributed by atoms with Crippen molar-refractivity contribution >= 4 is 0 Å². The highest BCUT2D eigenvalue weighted by Crippen LogP contribution is 2.39. The molecular weight excluding hydrogens is 152 g/mol. The second-order valence-electron chi connectivity index (χ2n) is 3.24. The molecule has 2 heteroatoms. The lowest BCUT2D eigenvalue weighted by Gasteiger charge is -2.03. The molecule has 0 atom stereocenters. The van der Waals surface area contributed by atoms with Crippen molar-refractivity contribution in [3.05, 3.63) is 0 Å². The van der Waals surface area contributed by atoms with Gasteiger partial charge in [0.2, 0.25) is 5.79 Å². The van der Waals surface area contributed by atoms with E-state index in [4.69, 9.17) is 16.2 Å². The van der Waals surface area contributed by atoms with Crippen molar-refractivity contribution in [3.8, 4) is 12.3 Å². The Morgan fingerprint density at radius 2 is 1.92 bits per heavy atom. The minimum absolute atomic E-state index is 0.243. The van der Waals surface area contributed by atoms with Crippen LogP contribution in [-0.4, -0.2) is 5.79 Å². The lowest BCUT2D eigenvalue weighted by molar-refractivity contribution is 0.0850. The van der Waals surface area contributed by atoms with Crippen LogP contribution in [-0.2, 0) is 9.78 Å². The third-order valence-corrected chi connectivity index (χ3v) is 2.11. The SMILES string of the molecule is C#CCCCC1(CCCC)OO1. The van der Waals surface area contributed by atoms with E-state index in [1.807, 2.05) is 0 Å². The van der Waals surface area contributed by atoms with Gasteiger partial charge in [0.25, 0.3) is 0 Å². The lowest BCUT2D eigenvalue weighted by Crippen LogP contribution is -2.09. The maximum absolute atomic E-state index is 5.15. The average Bonchev–Trinajstić information content (AvgIpc) is 2.83. The van der Waals surface area contributed by atoms with Crippen molar-refractivity contribution in [3.63, 3.8) is 0 Å². The lowest BCUT2D eigenvalue weighted by atomic mass is 10.0. The van der Waals surface area contributed by atoms with E-state index in [1.54, 1.807) is 0 Å². The van der Waals surface area contributed by atoms with Gasteiger partial charge in [0, 0.05) is 19.3 Å². The molecule has 0 aromatic rings. The second kappa shape index (κ2) is 4.49. The Balaban J connectivity index is 2.08. The first-order valence-corrected chi connectivity index (χ1v) is 4.63. The third kappa shape index (κ3) is 2.84. The van der Waals surface area contributed by atoms with Crippen molar-refractivity contribution in [2.45, 2.75) is 51.2 Å². The van der Waals surface area contributed by atoms with E-state index in [2.05, 4.69) is 12.8 Å². The van der Waals surface area contributed by atoms with Crippen molar-refractivity contribution in [1.82, 2.24) is 0 Å². The fourth-order valence-electron chi connectivity index (χ4n) is 1.26. The van der Waals surface area contributed by atoms with Gasteiger partial charge in [0.05, 0.1) is 0 Å².